The van der Waals surface area contributed by atoms with E-state index >= 15 is 0 Å². The quantitative estimate of drug-likeness (QED) is 0.795. The van der Waals surface area contributed by atoms with Crippen LogP contribution in [0.15, 0.2) is 24.3 Å². The standard InChI is InChI=1S/C16H21NO3/c1-13(2)17(10-6-12-19)16(20)15-9-4-3-7-14(15)8-5-11-18/h3-4,7,9,13,18-19H,6,10-12H2,1-2H3. The molecule has 1 amide bonds. The smallest absolute Gasteiger partial charge is 0.255 e. The number of hydrogen-bond donors (Lipinski definition) is 2. The van der Waals surface area contributed by atoms with Gasteiger partial charge in [0.05, 0.1) is 5.56 Å². The van der Waals surface area contributed by atoms with Crippen molar-refractivity contribution < 1.29 is 15.0 Å². The fraction of sp³-hybridized carbons (Fsp3) is 0.438. The van der Waals surface area contributed by atoms with E-state index in [2.05, 4.69) is 11.8 Å². The van der Waals surface area contributed by atoms with Crippen LogP contribution in [-0.2, 0) is 0 Å². The van der Waals surface area contributed by atoms with Gasteiger partial charge in [0.15, 0.2) is 0 Å². The van der Waals surface area contributed by atoms with Gasteiger partial charge in [0.25, 0.3) is 5.91 Å². The Morgan fingerprint density at radius 2 is 2.00 bits per heavy atom. The van der Waals surface area contributed by atoms with Crippen LogP contribution >= 0.6 is 0 Å². The Morgan fingerprint density at radius 3 is 2.60 bits per heavy atom. The van der Waals surface area contributed by atoms with Crippen LogP contribution in [0.5, 0.6) is 0 Å². The molecule has 0 heterocycles. The number of amides is 1. The molecule has 0 aliphatic rings. The predicted octanol–water partition coefficient (Wildman–Crippen LogP) is 1.26. The fourth-order valence-corrected chi connectivity index (χ4v) is 1.90. The molecule has 4 heteroatoms. The Labute approximate surface area is 120 Å². The van der Waals surface area contributed by atoms with Crippen molar-refractivity contribution in [3.05, 3.63) is 35.4 Å². The molecule has 20 heavy (non-hydrogen) atoms. The van der Waals surface area contributed by atoms with Crippen molar-refractivity contribution in [2.24, 2.45) is 0 Å². The van der Waals surface area contributed by atoms with Crippen LogP contribution in [0.25, 0.3) is 0 Å². The van der Waals surface area contributed by atoms with Crippen LogP contribution < -0.4 is 0 Å². The van der Waals surface area contributed by atoms with Gasteiger partial charge in [0, 0.05) is 24.8 Å². The lowest BCUT2D eigenvalue weighted by molar-refractivity contribution is 0.0693. The van der Waals surface area contributed by atoms with Gasteiger partial charge in [-0.25, -0.2) is 0 Å². The van der Waals surface area contributed by atoms with Crippen LogP contribution in [0.2, 0.25) is 0 Å². The first kappa shape index (κ1) is 16.2. The summed E-state index contributed by atoms with van der Waals surface area (Å²) in [5, 5.41) is 17.7. The molecule has 0 bridgehead atoms. The Bertz CT molecular complexity index is 500. The molecule has 0 atom stereocenters. The number of rotatable bonds is 5. The summed E-state index contributed by atoms with van der Waals surface area (Å²) in [6.07, 6.45) is 0.550. The van der Waals surface area contributed by atoms with Gasteiger partial charge in [-0.2, -0.15) is 0 Å². The molecule has 0 saturated heterocycles. The SMILES string of the molecule is CC(C)N(CCCO)C(=O)c1ccccc1C#CCO. The number of carbonyl (C=O) groups excluding carboxylic acids is 1. The molecule has 0 unspecified atom stereocenters. The van der Waals surface area contributed by atoms with Gasteiger partial charge in [0.1, 0.15) is 6.61 Å². The zero-order chi connectivity index (χ0) is 15.0. The summed E-state index contributed by atoms with van der Waals surface area (Å²) in [5.41, 5.74) is 1.14. The summed E-state index contributed by atoms with van der Waals surface area (Å²) < 4.78 is 0. The summed E-state index contributed by atoms with van der Waals surface area (Å²) in [4.78, 5) is 14.3. The monoisotopic (exact) mass is 275 g/mol. The lowest BCUT2D eigenvalue weighted by Gasteiger charge is -2.27. The number of aliphatic hydroxyl groups is 2. The van der Waals surface area contributed by atoms with Crippen LogP contribution in [0.3, 0.4) is 0 Å². The summed E-state index contributed by atoms with van der Waals surface area (Å²) in [5.74, 6) is 5.26. The lowest BCUT2D eigenvalue weighted by Crippen LogP contribution is -2.38. The molecule has 0 saturated carbocycles. The third-order valence-electron chi connectivity index (χ3n) is 2.90. The molecule has 0 fully saturated rings. The second kappa shape index (κ2) is 8.36. The minimum Gasteiger partial charge on any atom is -0.396 e. The predicted molar refractivity (Wildman–Crippen MR) is 78.3 cm³/mol. The fourth-order valence-electron chi connectivity index (χ4n) is 1.90. The third-order valence-corrected chi connectivity index (χ3v) is 2.90. The Kier molecular flexibility index (Phi) is 6.78. The molecule has 2 N–H and O–H groups in total. The Morgan fingerprint density at radius 1 is 1.30 bits per heavy atom. The van der Waals surface area contributed by atoms with Crippen LogP contribution in [0, 0.1) is 11.8 Å². The van der Waals surface area contributed by atoms with E-state index in [0.717, 1.165) is 0 Å². The molecule has 1 aromatic rings. The average molecular weight is 275 g/mol. The van der Waals surface area contributed by atoms with Crippen molar-refractivity contribution in [2.45, 2.75) is 26.3 Å². The maximum Gasteiger partial charge on any atom is 0.255 e. The van der Waals surface area contributed by atoms with Gasteiger partial charge >= 0.3 is 0 Å². The van der Waals surface area contributed by atoms with E-state index in [4.69, 9.17) is 10.2 Å². The first-order valence-electron chi connectivity index (χ1n) is 6.72. The van der Waals surface area contributed by atoms with E-state index in [-0.39, 0.29) is 25.2 Å². The minimum absolute atomic E-state index is 0.0490. The highest BCUT2D eigenvalue weighted by atomic mass is 16.3. The molecule has 1 aromatic carbocycles. The molecule has 0 aliphatic carbocycles. The van der Waals surface area contributed by atoms with Crippen LogP contribution in [-0.4, -0.2) is 46.8 Å². The number of nitrogens with zero attached hydrogens (tertiary/aromatic N) is 1. The van der Waals surface area contributed by atoms with Crippen LogP contribution in [0.1, 0.15) is 36.2 Å². The zero-order valence-electron chi connectivity index (χ0n) is 12.0. The molecule has 1 rings (SSSR count). The lowest BCUT2D eigenvalue weighted by atomic mass is 10.1. The van der Waals surface area contributed by atoms with Crippen molar-refractivity contribution in [1.29, 1.82) is 0 Å². The van der Waals surface area contributed by atoms with Gasteiger partial charge in [-0.05, 0) is 32.4 Å². The first-order chi connectivity index (χ1) is 9.61. The largest absolute Gasteiger partial charge is 0.396 e. The van der Waals surface area contributed by atoms with Gasteiger partial charge < -0.3 is 15.1 Å². The normalized spacial score (nSPS) is 10.1. The summed E-state index contributed by atoms with van der Waals surface area (Å²) in [6.45, 7) is 4.22. The summed E-state index contributed by atoms with van der Waals surface area (Å²) >= 11 is 0. The van der Waals surface area contributed by atoms with Crippen molar-refractivity contribution >= 4 is 5.91 Å². The van der Waals surface area contributed by atoms with Crippen molar-refractivity contribution in [3.63, 3.8) is 0 Å². The van der Waals surface area contributed by atoms with E-state index in [1.54, 1.807) is 23.1 Å². The number of carbonyl (C=O) groups is 1. The summed E-state index contributed by atoms with van der Waals surface area (Å²) in [7, 11) is 0. The van der Waals surface area contributed by atoms with Gasteiger partial charge in [0.2, 0.25) is 0 Å². The topological polar surface area (TPSA) is 60.8 Å². The molecule has 0 radical (unpaired) electrons. The van der Waals surface area contributed by atoms with Crippen molar-refractivity contribution in [1.82, 2.24) is 4.90 Å². The second-order valence-corrected chi connectivity index (χ2v) is 4.67. The molecular weight excluding hydrogens is 254 g/mol. The first-order valence-corrected chi connectivity index (χ1v) is 6.72. The number of benzene rings is 1. The zero-order valence-corrected chi connectivity index (χ0v) is 12.0. The molecule has 0 spiro atoms. The van der Waals surface area contributed by atoms with E-state index in [1.165, 1.54) is 0 Å². The van der Waals surface area contributed by atoms with E-state index in [1.807, 2.05) is 19.9 Å². The van der Waals surface area contributed by atoms with Gasteiger partial charge in [-0.15, -0.1) is 0 Å². The highest BCUT2D eigenvalue weighted by Crippen LogP contribution is 2.13. The minimum atomic E-state index is -0.235. The Hall–Kier alpha value is -1.83. The molecule has 0 aromatic heterocycles. The Balaban J connectivity index is 3.05. The number of hydrogen-bond acceptors (Lipinski definition) is 3. The molecule has 4 nitrogen and oxygen atoms in total. The number of aliphatic hydroxyl groups excluding tert-OH is 2. The average Bonchev–Trinajstić information content (AvgIpc) is 2.45. The highest BCUT2D eigenvalue weighted by molar-refractivity contribution is 5.96. The van der Waals surface area contributed by atoms with Crippen molar-refractivity contribution in [2.75, 3.05) is 19.8 Å². The molecular formula is C16H21NO3. The van der Waals surface area contributed by atoms with Crippen LogP contribution in [0.4, 0.5) is 0 Å². The van der Waals surface area contributed by atoms with E-state index < -0.39 is 0 Å². The van der Waals surface area contributed by atoms with Gasteiger partial charge in [-0.3, -0.25) is 4.79 Å². The van der Waals surface area contributed by atoms with E-state index in [9.17, 15) is 4.79 Å². The highest BCUT2D eigenvalue weighted by Gasteiger charge is 2.20. The molecule has 0 aliphatic heterocycles. The van der Waals surface area contributed by atoms with Crippen molar-refractivity contribution in [3.8, 4) is 11.8 Å². The maximum absolute atomic E-state index is 12.6. The summed E-state index contributed by atoms with van der Waals surface area (Å²) in [6, 6.07) is 7.15. The third kappa shape index (κ3) is 4.37. The second-order valence-electron chi connectivity index (χ2n) is 4.67. The van der Waals surface area contributed by atoms with E-state index in [0.29, 0.717) is 24.1 Å². The molecule has 108 valence electrons. The van der Waals surface area contributed by atoms with Gasteiger partial charge in [-0.1, -0.05) is 24.0 Å². The maximum atomic E-state index is 12.6.